The van der Waals surface area contributed by atoms with Crippen LogP contribution >= 0.6 is 12.4 Å². The number of hydrogen-bond acceptors (Lipinski definition) is 2. The SMILES string of the molecule is Cl.[2H]c1c([2H])c([2H])c2c(OCC[C@@H](c3ccccc3)N(C)C)c([2H])c([2H])c([2H])c2c1[2H]. The summed E-state index contributed by atoms with van der Waals surface area (Å²) in [5.41, 5.74) is 1.10. The molecule has 0 saturated heterocycles. The van der Waals surface area contributed by atoms with Crippen LogP contribution < -0.4 is 4.74 Å². The first kappa shape index (κ1) is 10.8. The normalized spacial score (nSPS) is 16.0. The monoisotopic (exact) mass is 348 g/mol. The van der Waals surface area contributed by atoms with E-state index in [2.05, 4.69) is 0 Å². The highest BCUT2D eigenvalue weighted by Gasteiger charge is 2.14. The molecular weight excluding hydrogens is 318 g/mol. The van der Waals surface area contributed by atoms with Crippen LogP contribution in [-0.2, 0) is 0 Å². The van der Waals surface area contributed by atoms with Crippen molar-refractivity contribution in [2.24, 2.45) is 0 Å². The number of hydrogen-bond donors (Lipinski definition) is 0. The van der Waals surface area contributed by atoms with Gasteiger partial charge in [0.15, 0.2) is 0 Å². The summed E-state index contributed by atoms with van der Waals surface area (Å²) in [6, 6.07) is 7.08. The smallest absolute Gasteiger partial charge is 0.127 e. The largest absolute Gasteiger partial charge is 0.493 e. The average molecular weight is 349 g/mol. The van der Waals surface area contributed by atoms with Crippen LogP contribution in [0.5, 0.6) is 5.75 Å². The molecule has 0 aromatic heterocycles. The predicted molar refractivity (Wildman–Crippen MR) is 104 cm³/mol. The Hall–Kier alpha value is -2.03. The standard InChI is InChI=1S/C21H23NO.ClH/c1-22(2)20(18-10-4-3-5-11-18)15-16-23-21-14-8-12-17-9-6-7-13-19(17)21;/h3-14,20H,15-16H2,1-2H3;1H/t20-;/m0./s1/i6D,7D,8D,9D,12D,13D,14D;. The summed E-state index contributed by atoms with van der Waals surface area (Å²) in [4.78, 5) is 2.05. The fourth-order valence-electron chi connectivity index (χ4n) is 2.57. The van der Waals surface area contributed by atoms with Crippen LogP contribution in [0.4, 0.5) is 0 Å². The second-order valence-electron chi connectivity index (χ2n) is 5.48. The summed E-state index contributed by atoms with van der Waals surface area (Å²) < 4.78 is 62.5. The van der Waals surface area contributed by atoms with E-state index in [1.165, 1.54) is 0 Å². The van der Waals surface area contributed by atoms with Crippen LogP contribution in [0, 0.1) is 0 Å². The summed E-state index contributed by atoms with van der Waals surface area (Å²) in [6.45, 7) is 0.179. The van der Waals surface area contributed by atoms with E-state index in [0.717, 1.165) is 5.56 Å². The quantitative estimate of drug-likeness (QED) is 0.596. The zero-order chi connectivity index (χ0) is 22.2. The molecule has 0 heterocycles. The Morgan fingerprint density at radius 3 is 2.46 bits per heavy atom. The first-order valence-corrected chi connectivity index (χ1v) is 7.50. The van der Waals surface area contributed by atoms with Gasteiger partial charge in [0, 0.05) is 17.8 Å². The number of nitrogens with zero attached hydrogens (tertiary/aromatic N) is 1. The van der Waals surface area contributed by atoms with Gasteiger partial charge in [-0.3, -0.25) is 0 Å². The summed E-state index contributed by atoms with van der Waals surface area (Å²) in [7, 11) is 3.91. The zero-order valence-electron chi connectivity index (χ0n) is 20.6. The van der Waals surface area contributed by atoms with E-state index in [4.69, 9.17) is 14.3 Å². The van der Waals surface area contributed by atoms with E-state index in [9.17, 15) is 0 Å². The molecule has 0 bridgehead atoms. The molecule has 0 radical (unpaired) electrons. The molecular formula is C21H24ClNO. The van der Waals surface area contributed by atoms with Gasteiger partial charge in [-0.25, -0.2) is 0 Å². The lowest BCUT2D eigenvalue weighted by molar-refractivity contribution is 0.225. The first-order chi connectivity index (χ1) is 14.2. The fraction of sp³-hybridized carbons (Fsp3) is 0.238. The van der Waals surface area contributed by atoms with Crippen LogP contribution in [0.2, 0.25) is 0 Å². The van der Waals surface area contributed by atoms with E-state index in [1.54, 1.807) is 0 Å². The third kappa shape index (κ3) is 4.28. The maximum atomic E-state index is 8.25. The van der Waals surface area contributed by atoms with Gasteiger partial charge in [-0.15, -0.1) is 12.4 Å². The molecule has 3 heteroatoms. The molecule has 24 heavy (non-hydrogen) atoms. The van der Waals surface area contributed by atoms with Gasteiger partial charge in [-0.05, 0) is 31.1 Å². The van der Waals surface area contributed by atoms with E-state index >= 15 is 0 Å². The lowest BCUT2D eigenvalue weighted by Crippen LogP contribution is -2.22. The molecule has 2 nitrogen and oxygen atoms in total. The van der Waals surface area contributed by atoms with Gasteiger partial charge in [0.1, 0.15) is 5.75 Å². The van der Waals surface area contributed by atoms with E-state index < -0.39 is 30.2 Å². The van der Waals surface area contributed by atoms with Crippen molar-refractivity contribution in [2.75, 3.05) is 20.7 Å². The molecule has 0 aliphatic heterocycles. The molecule has 1 atom stereocenters. The lowest BCUT2D eigenvalue weighted by atomic mass is 10.0. The summed E-state index contributed by atoms with van der Waals surface area (Å²) >= 11 is 0. The molecule has 3 aromatic rings. The minimum atomic E-state index is -0.471. The highest BCUT2D eigenvalue weighted by Crippen LogP contribution is 2.27. The van der Waals surface area contributed by atoms with Gasteiger partial charge < -0.3 is 9.64 Å². The van der Waals surface area contributed by atoms with Crippen molar-refractivity contribution < 1.29 is 14.3 Å². The minimum absolute atomic E-state index is 0. The molecule has 3 rings (SSSR count). The van der Waals surface area contributed by atoms with Crippen LogP contribution in [0.25, 0.3) is 10.8 Å². The highest BCUT2D eigenvalue weighted by atomic mass is 35.5. The molecule has 0 saturated carbocycles. The predicted octanol–water partition coefficient (Wildman–Crippen LogP) is 5.33. The summed E-state index contributed by atoms with van der Waals surface area (Å²) in [6.07, 6.45) is 0.569. The number of halogens is 1. The van der Waals surface area contributed by atoms with Crippen molar-refractivity contribution >= 4 is 23.2 Å². The van der Waals surface area contributed by atoms with Gasteiger partial charge in [0.05, 0.1) is 16.2 Å². The minimum Gasteiger partial charge on any atom is -0.493 e. The Labute approximate surface area is 160 Å². The Kier molecular flexibility index (Phi) is 3.91. The molecule has 0 spiro atoms. The fourth-order valence-corrected chi connectivity index (χ4v) is 2.57. The van der Waals surface area contributed by atoms with Gasteiger partial charge >= 0.3 is 0 Å². The first-order valence-electron chi connectivity index (χ1n) is 11.0. The molecule has 0 fully saturated rings. The van der Waals surface area contributed by atoms with Crippen molar-refractivity contribution in [3.63, 3.8) is 0 Å². The van der Waals surface area contributed by atoms with Gasteiger partial charge in [-0.2, -0.15) is 0 Å². The second-order valence-corrected chi connectivity index (χ2v) is 5.48. The third-order valence-corrected chi connectivity index (χ3v) is 3.72. The van der Waals surface area contributed by atoms with Crippen molar-refractivity contribution in [1.29, 1.82) is 0 Å². The molecule has 0 unspecified atom stereocenters. The zero-order valence-corrected chi connectivity index (χ0v) is 14.5. The van der Waals surface area contributed by atoms with Crippen LogP contribution in [0.1, 0.15) is 27.6 Å². The lowest BCUT2D eigenvalue weighted by Gasteiger charge is -2.25. The molecule has 3 aromatic carbocycles. The van der Waals surface area contributed by atoms with Gasteiger partial charge in [0.25, 0.3) is 0 Å². The van der Waals surface area contributed by atoms with E-state index in [1.807, 2.05) is 49.3 Å². The Morgan fingerprint density at radius 2 is 1.71 bits per heavy atom. The van der Waals surface area contributed by atoms with E-state index in [0.29, 0.717) is 6.42 Å². The van der Waals surface area contributed by atoms with Crippen molar-refractivity contribution in [3.8, 4) is 5.75 Å². The van der Waals surface area contributed by atoms with Crippen LogP contribution in [-0.4, -0.2) is 25.6 Å². The molecule has 0 aliphatic rings. The van der Waals surface area contributed by atoms with E-state index in [-0.39, 0.29) is 53.7 Å². The summed E-state index contributed by atoms with van der Waals surface area (Å²) in [5, 5.41) is -0.114. The van der Waals surface area contributed by atoms with Crippen LogP contribution in [0.15, 0.2) is 72.6 Å². The Morgan fingerprint density at radius 1 is 1.00 bits per heavy atom. The molecule has 0 aliphatic carbocycles. The van der Waals surface area contributed by atoms with Gasteiger partial charge in [-0.1, -0.05) is 66.6 Å². The maximum absolute atomic E-state index is 8.25. The third-order valence-electron chi connectivity index (χ3n) is 3.72. The maximum Gasteiger partial charge on any atom is 0.127 e. The Balaban J connectivity index is 0.00000341. The molecule has 0 N–H and O–H groups in total. The topological polar surface area (TPSA) is 12.5 Å². The average Bonchev–Trinajstić information content (AvgIpc) is 2.73. The number of rotatable bonds is 6. The highest BCUT2D eigenvalue weighted by molar-refractivity contribution is 5.88. The Bertz CT molecular complexity index is 1080. The molecule has 126 valence electrons. The van der Waals surface area contributed by atoms with Crippen LogP contribution in [0.3, 0.4) is 0 Å². The van der Waals surface area contributed by atoms with Crippen molar-refractivity contribution in [3.05, 3.63) is 78.2 Å². The summed E-state index contributed by atoms with van der Waals surface area (Å²) in [5.74, 6) is -0.0800. The van der Waals surface area contributed by atoms with Crippen molar-refractivity contribution in [2.45, 2.75) is 12.5 Å². The van der Waals surface area contributed by atoms with Gasteiger partial charge in [0.2, 0.25) is 0 Å². The second kappa shape index (κ2) is 8.72. The number of fused-ring (bicyclic) bond motifs is 1. The molecule has 0 amide bonds. The number of ether oxygens (including phenoxy) is 1. The number of benzene rings is 3. The van der Waals surface area contributed by atoms with Crippen molar-refractivity contribution in [1.82, 2.24) is 4.90 Å².